The van der Waals surface area contributed by atoms with Gasteiger partial charge in [0.2, 0.25) is 5.91 Å². The fourth-order valence-electron chi connectivity index (χ4n) is 2.52. The summed E-state index contributed by atoms with van der Waals surface area (Å²) in [5.74, 6) is 1.36. The van der Waals surface area contributed by atoms with E-state index in [1.54, 1.807) is 12.3 Å². The van der Waals surface area contributed by atoms with Gasteiger partial charge < -0.3 is 15.4 Å². The molecule has 0 unspecified atom stereocenters. The Morgan fingerprint density at radius 2 is 1.70 bits per heavy atom. The Morgan fingerprint density at radius 3 is 2.37 bits per heavy atom. The van der Waals surface area contributed by atoms with E-state index in [2.05, 4.69) is 15.6 Å². The highest BCUT2D eigenvalue weighted by Crippen LogP contribution is 2.21. The molecule has 0 bridgehead atoms. The van der Waals surface area contributed by atoms with Crippen molar-refractivity contribution in [3.8, 4) is 5.75 Å². The first kappa shape index (κ1) is 18.5. The van der Waals surface area contributed by atoms with Crippen LogP contribution in [0.15, 0.2) is 72.9 Å². The van der Waals surface area contributed by atoms with E-state index in [0.29, 0.717) is 18.8 Å². The molecule has 0 radical (unpaired) electrons. The number of anilines is 3. The van der Waals surface area contributed by atoms with Crippen LogP contribution in [0.5, 0.6) is 5.75 Å². The molecule has 5 nitrogen and oxygen atoms in total. The maximum Gasteiger partial charge on any atom is 0.225 e. The lowest BCUT2D eigenvalue weighted by molar-refractivity contribution is -0.116. The summed E-state index contributed by atoms with van der Waals surface area (Å²) in [6.45, 7) is 2.51. The van der Waals surface area contributed by atoms with E-state index in [9.17, 15) is 4.79 Å². The monoisotopic (exact) mass is 361 g/mol. The zero-order valence-corrected chi connectivity index (χ0v) is 15.3. The Morgan fingerprint density at radius 1 is 0.963 bits per heavy atom. The van der Waals surface area contributed by atoms with Gasteiger partial charge >= 0.3 is 0 Å². The van der Waals surface area contributed by atoms with Crippen LogP contribution in [-0.4, -0.2) is 10.9 Å². The van der Waals surface area contributed by atoms with Gasteiger partial charge in [-0.15, -0.1) is 0 Å². The van der Waals surface area contributed by atoms with Crippen molar-refractivity contribution in [2.45, 2.75) is 26.4 Å². The lowest BCUT2D eigenvalue weighted by atomic mass is 10.2. The molecule has 0 spiro atoms. The molecule has 3 aromatic rings. The number of nitrogens with one attached hydrogen (secondary N) is 2. The smallest absolute Gasteiger partial charge is 0.225 e. The van der Waals surface area contributed by atoms with Crippen molar-refractivity contribution in [2.24, 2.45) is 0 Å². The van der Waals surface area contributed by atoms with Gasteiger partial charge in [-0.05, 0) is 48.4 Å². The first-order valence-electron chi connectivity index (χ1n) is 9.02. The van der Waals surface area contributed by atoms with Gasteiger partial charge in [-0.3, -0.25) is 4.79 Å². The molecule has 3 rings (SSSR count). The van der Waals surface area contributed by atoms with Crippen molar-refractivity contribution in [2.75, 3.05) is 10.6 Å². The summed E-state index contributed by atoms with van der Waals surface area (Å²) in [5, 5.41) is 6.05. The Kier molecular flexibility index (Phi) is 6.41. The Bertz CT molecular complexity index is 847. The van der Waals surface area contributed by atoms with Gasteiger partial charge in [-0.2, -0.15) is 0 Å². The summed E-state index contributed by atoms with van der Waals surface area (Å²) < 4.78 is 5.79. The summed E-state index contributed by atoms with van der Waals surface area (Å²) in [4.78, 5) is 15.8. The molecule has 2 N–H and O–H groups in total. The first-order valence-corrected chi connectivity index (χ1v) is 9.02. The minimum Gasteiger partial charge on any atom is -0.489 e. The van der Waals surface area contributed by atoms with Crippen molar-refractivity contribution in [3.63, 3.8) is 0 Å². The molecule has 0 aliphatic carbocycles. The lowest BCUT2D eigenvalue weighted by Crippen LogP contribution is -2.11. The van der Waals surface area contributed by atoms with E-state index >= 15 is 0 Å². The zero-order valence-electron chi connectivity index (χ0n) is 15.3. The van der Waals surface area contributed by atoms with Gasteiger partial charge in [0, 0.05) is 12.1 Å². The number of aromatic nitrogens is 1. The molecule has 0 aliphatic rings. The summed E-state index contributed by atoms with van der Waals surface area (Å²) in [7, 11) is 0. The molecule has 2 aromatic carbocycles. The molecule has 1 heterocycles. The van der Waals surface area contributed by atoms with Crippen molar-refractivity contribution < 1.29 is 9.53 Å². The minimum absolute atomic E-state index is 0.0169. The number of amides is 1. The highest BCUT2D eigenvalue weighted by molar-refractivity contribution is 5.89. The molecule has 1 amide bonds. The third-order valence-corrected chi connectivity index (χ3v) is 3.90. The second-order valence-electron chi connectivity index (χ2n) is 6.15. The van der Waals surface area contributed by atoms with E-state index in [4.69, 9.17) is 4.74 Å². The van der Waals surface area contributed by atoms with Crippen molar-refractivity contribution in [3.05, 3.63) is 78.5 Å². The summed E-state index contributed by atoms with van der Waals surface area (Å²) in [6, 6.07) is 21.5. The molecule has 5 heteroatoms. The third-order valence-electron chi connectivity index (χ3n) is 3.90. The van der Waals surface area contributed by atoms with Crippen molar-refractivity contribution >= 4 is 23.1 Å². The fourth-order valence-corrected chi connectivity index (χ4v) is 2.52. The molecule has 0 atom stereocenters. The predicted molar refractivity (Wildman–Crippen MR) is 108 cm³/mol. The number of hydrogen-bond acceptors (Lipinski definition) is 4. The number of carbonyl (C=O) groups excluding carboxylic acids is 1. The normalized spacial score (nSPS) is 10.3. The molecular formula is C22H23N3O2. The largest absolute Gasteiger partial charge is 0.489 e. The average molecular weight is 361 g/mol. The molecule has 0 aliphatic heterocycles. The minimum atomic E-state index is -0.0169. The van der Waals surface area contributed by atoms with E-state index in [1.807, 2.05) is 67.6 Å². The Hall–Kier alpha value is -3.34. The van der Waals surface area contributed by atoms with Crippen LogP contribution in [0.4, 0.5) is 17.2 Å². The average Bonchev–Trinajstić information content (AvgIpc) is 2.70. The van der Waals surface area contributed by atoms with Gasteiger partial charge in [0.15, 0.2) is 0 Å². The standard InChI is InChI=1S/C22H23N3O2/c1-2-6-22(26)25-21-14-11-19(15-23-21)24-18-9-12-20(13-10-18)27-16-17-7-4-3-5-8-17/h3-5,7-15,24H,2,6,16H2,1H3,(H,23,25,26). The highest BCUT2D eigenvalue weighted by atomic mass is 16.5. The van der Waals surface area contributed by atoms with Gasteiger partial charge in [0.25, 0.3) is 0 Å². The number of pyridine rings is 1. The predicted octanol–water partition coefficient (Wildman–Crippen LogP) is 5.14. The van der Waals surface area contributed by atoms with Crippen LogP contribution >= 0.6 is 0 Å². The highest BCUT2D eigenvalue weighted by Gasteiger charge is 2.02. The van der Waals surface area contributed by atoms with Gasteiger partial charge in [0.05, 0.1) is 11.9 Å². The number of ether oxygens (including phenoxy) is 1. The van der Waals surface area contributed by atoms with Crippen LogP contribution in [-0.2, 0) is 11.4 Å². The Balaban J connectivity index is 1.52. The van der Waals surface area contributed by atoms with E-state index < -0.39 is 0 Å². The number of nitrogens with zero attached hydrogens (tertiary/aromatic N) is 1. The van der Waals surface area contributed by atoms with Gasteiger partial charge in [-0.25, -0.2) is 4.98 Å². The summed E-state index contributed by atoms with van der Waals surface area (Å²) >= 11 is 0. The van der Waals surface area contributed by atoms with Gasteiger partial charge in [0.1, 0.15) is 18.2 Å². The molecule has 0 saturated heterocycles. The van der Waals surface area contributed by atoms with Crippen LogP contribution in [0, 0.1) is 0 Å². The lowest BCUT2D eigenvalue weighted by Gasteiger charge is -2.10. The topological polar surface area (TPSA) is 63.2 Å². The molecule has 1 aromatic heterocycles. The van der Waals surface area contributed by atoms with Crippen LogP contribution < -0.4 is 15.4 Å². The van der Waals surface area contributed by atoms with E-state index in [-0.39, 0.29) is 5.91 Å². The number of carbonyl (C=O) groups is 1. The van der Waals surface area contributed by atoms with Crippen LogP contribution in [0.25, 0.3) is 0 Å². The van der Waals surface area contributed by atoms with Crippen LogP contribution in [0.3, 0.4) is 0 Å². The van der Waals surface area contributed by atoms with E-state index in [1.165, 1.54) is 0 Å². The quantitative estimate of drug-likeness (QED) is 0.583. The number of hydrogen-bond donors (Lipinski definition) is 2. The van der Waals surface area contributed by atoms with Crippen LogP contribution in [0.2, 0.25) is 0 Å². The summed E-state index contributed by atoms with van der Waals surface area (Å²) in [5.41, 5.74) is 2.92. The molecule has 27 heavy (non-hydrogen) atoms. The number of benzene rings is 2. The van der Waals surface area contributed by atoms with Crippen molar-refractivity contribution in [1.29, 1.82) is 0 Å². The second kappa shape index (κ2) is 9.38. The SMILES string of the molecule is CCCC(=O)Nc1ccc(Nc2ccc(OCc3ccccc3)cc2)cn1. The van der Waals surface area contributed by atoms with Crippen LogP contribution in [0.1, 0.15) is 25.3 Å². The molecule has 0 fully saturated rings. The molecular weight excluding hydrogens is 338 g/mol. The van der Waals surface area contributed by atoms with Gasteiger partial charge in [-0.1, -0.05) is 37.3 Å². The third kappa shape index (κ3) is 5.85. The van der Waals surface area contributed by atoms with E-state index in [0.717, 1.165) is 29.1 Å². The van der Waals surface area contributed by atoms with Crippen molar-refractivity contribution in [1.82, 2.24) is 4.98 Å². The maximum absolute atomic E-state index is 11.6. The second-order valence-corrected chi connectivity index (χ2v) is 6.15. The maximum atomic E-state index is 11.6. The first-order chi connectivity index (χ1) is 13.2. The molecule has 138 valence electrons. The fraction of sp³-hybridized carbons (Fsp3) is 0.182. The molecule has 0 saturated carbocycles. The number of rotatable bonds is 8. The Labute approximate surface area is 159 Å². The zero-order chi connectivity index (χ0) is 18.9. The summed E-state index contributed by atoms with van der Waals surface area (Å²) in [6.07, 6.45) is 3.01.